The van der Waals surface area contributed by atoms with Gasteiger partial charge in [-0.3, -0.25) is 4.79 Å². The maximum atomic E-state index is 10.7. The molecule has 0 fully saturated rings. The first-order valence-corrected chi connectivity index (χ1v) is 3.54. The minimum Gasteiger partial charge on any atom is -0.480 e. The summed E-state index contributed by atoms with van der Waals surface area (Å²) in [4.78, 5) is 21.3. The fourth-order valence-corrected chi connectivity index (χ4v) is 0.920. The number of hydrogen-bond acceptors (Lipinski definition) is 2. The van der Waals surface area contributed by atoms with Gasteiger partial charge in [0.2, 0.25) is 0 Å². The second-order valence-corrected chi connectivity index (χ2v) is 2.56. The van der Waals surface area contributed by atoms with Gasteiger partial charge in [0.05, 0.1) is 0 Å². The monoisotopic (exact) mass is 168 g/mol. The summed E-state index contributed by atoms with van der Waals surface area (Å²) in [7, 11) is 0. The van der Waals surface area contributed by atoms with Gasteiger partial charge in [0, 0.05) is 0 Å². The van der Waals surface area contributed by atoms with Gasteiger partial charge in [-0.2, -0.15) is 0 Å². The van der Waals surface area contributed by atoms with E-state index < -0.39 is 11.4 Å². The fourth-order valence-electron chi connectivity index (χ4n) is 0.920. The molecule has 0 bridgehead atoms. The molecule has 0 aromatic heterocycles. The van der Waals surface area contributed by atoms with Crippen molar-refractivity contribution < 1.29 is 14.7 Å². The van der Waals surface area contributed by atoms with E-state index >= 15 is 0 Å². The molecule has 0 unspecified atom stereocenters. The summed E-state index contributed by atoms with van der Waals surface area (Å²) in [6.45, 7) is 6.80. The highest BCUT2D eigenvalue weighted by Crippen LogP contribution is 2.25. The Balaban J connectivity index is 4.72. The molecule has 3 heteroatoms. The van der Waals surface area contributed by atoms with E-state index in [1.54, 1.807) is 0 Å². The zero-order chi connectivity index (χ0) is 9.61. The van der Waals surface area contributed by atoms with Crippen LogP contribution in [0.1, 0.15) is 12.8 Å². The predicted molar refractivity (Wildman–Crippen MR) is 45.8 cm³/mol. The van der Waals surface area contributed by atoms with E-state index in [0.717, 1.165) is 0 Å². The molecule has 0 aliphatic carbocycles. The van der Waals surface area contributed by atoms with Gasteiger partial charge >= 0.3 is 5.97 Å². The van der Waals surface area contributed by atoms with Crippen LogP contribution in [0, 0.1) is 5.41 Å². The van der Waals surface area contributed by atoms with Gasteiger partial charge in [0.25, 0.3) is 0 Å². The molecular formula is C9H12O3. The second kappa shape index (κ2) is 4.49. The summed E-state index contributed by atoms with van der Waals surface area (Å²) in [5.41, 5.74) is -1.36. The summed E-state index contributed by atoms with van der Waals surface area (Å²) in [6, 6.07) is 0. The number of carbonyl (C=O) groups is 2. The van der Waals surface area contributed by atoms with Crippen molar-refractivity contribution in [2.45, 2.75) is 12.8 Å². The third kappa shape index (κ3) is 2.05. The molecule has 0 amide bonds. The van der Waals surface area contributed by atoms with Gasteiger partial charge in [0.15, 0.2) is 0 Å². The van der Waals surface area contributed by atoms with Crippen LogP contribution < -0.4 is 0 Å². The van der Waals surface area contributed by atoms with Gasteiger partial charge in [-0.15, -0.1) is 13.2 Å². The molecule has 1 N–H and O–H groups in total. The normalized spacial score (nSPS) is 10.3. The molecule has 0 atom stereocenters. The Morgan fingerprint density at radius 3 is 1.92 bits per heavy atom. The number of aldehydes is 1. The van der Waals surface area contributed by atoms with Crippen LogP contribution in [0.2, 0.25) is 0 Å². The highest BCUT2D eigenvalue weighted by molar-refractivity contribution is 5.92. The Morgan fingerprint density at radius 2 is 1.75 bits per heavy atom. The van der Waals surface area contributed by atoms with Crippen LogP contribution in [0.3, 0.4) is 0 Å². The number of rotatable bonds is 6. The first kappa shape index (κ1) is 10.6. The lowest BCUT2D eigenvalue weighted by Crippen LogP contribution is -2.31. The molecule has 0 aliphatic rings. The standard InChI is InChI=1S/C9H12O3/c1-3-5-9(7-10,6-4-2)8(11)12/h3-4,7H,1-2,5-6H2,(H,11,12). The first-order chi connectivity index (χ1) is 5.63. The van der Waals surface area contributed by atoms with E-state index in [4.69, 9.17) is 5.11 Å². The molecule has 3 nitrogen and oxygen atoms in total. The van der Waals surface area contributed by atoms with E-state index in [-0.39, 0.29) is 12.8 Å². The largest absolute Gasteiger partial charge is 0.480 e. The molecular weight excluding hydrogens is 156 g/mol. The van der Waals surface area contributed by atoms with Crippen LogP contribution >= 0.6 is 0 Å². The number of allylic oxidation sites excluding steroid dienone is 2. The van der Waals surface area contributed by atoms with Crippen molar-refractivity contribution >= 4 is 12.3 Å². The SMILES string of the molecule is C=CCC(C=O)(CC=C)C(=O)O. The minimum absolute atomic E-state index is 0.137. The molecule has 0 aromatic carbocycles. The molecule has 0 aliphatic heterocycles. The van der Waals surface area contributed by atoms with Crippen molar-refractivity contribution in [2.75, 3.05) is 0 Å². The smallest absolute Gasteiger partial charge is 0.317 e. The van der Waals surface area contributed by atoms with Crippen LogP contribution in [0.5, 0.6) is 0 Å². The third-order valence-corrected chi connectivity index (χ3v) is 1.67. The van der Waals surface area contributed by atoms with Crippen molar-refractivity contribution in [3.63, 3.8) is 0 Å². The van der Waals surface area contributed by atoms with Crippen LogP contribution in [-0.2, 0) is 9.59 Å². The molecule has 0 aromatic rings. The average molecular weight is 168 g/mol. The molecule has 0 rings (SSSR count). The summed E-state index contributed by atoms with van der Waals surface area (Å²) in [5, 5.41) is 8.76. The molecule has 0 spiro atoms. The van der Waals surface area contributed by atoms with Gasteiger partial charge in [0.1, 0.15) is 11.7 Å². The zero-order valence-electron chi connectivity index (χ0n) is 6.82. The lowest BCUT2D eigenvalue weighted by molar-refractivity contribution is -0.150. The van der Waals surface area contributed by atoms with Crippen LogP contribution in [0.25, 0.3) is 0 Å². The first-order valence-electron chi connectivity index (χ1n) is 3.54. The van der Waals surface area contributed by atoms with Gasteiger partial charge in [-0.25, -0.2) is 0 Å². The molecule has 66 valence electrons. The molecule has 0 saturated heterocycles. The number of carboxylic acids is 1. The number of carbonyl (C=O) groups excluding carboxylic acids is 1. The van der Waals surface area contributed by atoms with Crippen molar-refractivity contribution in [3.8, 4) is 0 Å². The molecule has 12 heavy (non-hydrogen) atoms. The summed E-state index contributed by atoms with van der Waals surface area (Å²) >= 11 is 0. The summed E-state index contributed by atoms with van der Waals surface area (Å²) < 4.78 is 0. The quantitative estimate of drug-likeness (QED) is 0.370. The lowest BCUT2D eigenvalue weighted by atomic mass is 9.83. The van der Waals surface area contributed by atoms with E-state index in [1.807, 2.05) is 0 Å². The topological polar surface area (TPSA) is 54.4 Å². The van der Waals surface area contributed by atoms with E-state index in [1.165, 1.54) is 12.2 Å². The number of aliphatic carboxylic acids is 1. The highest BCUT2D eigenvalue weighted by atomic mass is 16.4. The Morgan fingerprint density at radius 1 is 1.33 bits per heavy atom. The van der Waals surface area contributed by atoms with Crippen molar-refractivity contribution in [1.82, 2.24) is 0 Å². The summed E-state index contributed by atoms with van der Waals surface area (Å²) in [5.74, 6) is -1.13. The average Bonchev–Trinajstić information content (AvgIpc) is 2.03. The van der Waals surface area contributed by atoms with Gasteiger partial charge in [-0.05, 0) is 12.8 Å². The minimum atomic E-state index is -1.36. The highest BCUT2D eigenvalue weighted by Gasteiger charge is 2.35. The van der Waals surface area contributed by atoms with Crippen molar-refractivity contribution in [1.29, 1.82) is 0 Å². The molecule has 0 heterocycles. The van der Waals surface area contributed by atoms with Crippen LogP contribution in [0.4, 0.5) is 0 Å². The van der Waals surface area contributed by atoms with Crippen LogP contribution in [0.15, 0.2) is 25.3 Å². The van der Waals surface area contributed by atoms with E-state index in [9.17, 15) is 9.59 Å². The number of carboxylic acid groups (broad SMARTS) is 1. The predicted octanol–water partition coefficient (Wildman–Crippen LogP) is 1.41. The fraction of sp³-hybridized carbons (Fsp3) is 0.333. The number of hydrogen-bond donors (Lipinski definition) is 1. The van der Waals surface area contributed by atoms with Gasteiger partial charge < -0.3 is 9.90 Å². The third-order valence-electron chi connectivity index (χ3n) is 1.67. The molecule has 0 saturated carbocycles. The van der Waals surface area contributed by atoms with Crippen LogP contribution in [-0.4, -0.2) is 17.4 Å². The Bertz CT molecular complexity index is 196. The lowest BCUT2D eigenvalue weighted by Gasteiger charge is -2.18. The van der Waals surface area contributed by atoms with Gasteiger partial charge in [-0.1, -0.05) is 12.2 Å². The maximum absolute atomic E-state index is 10.7. The van der Waals surface area contributed by atoms with Crippen molar-refractivity contribution in [3.05, 3.63) is 25.3 Å². The maximum Gasteiger partial charge on any atom is 0.317 e. The van der Waals surface area contributed by atoms with Crippen molar-refractivity contribution in [2.24, 2.45) is 5.41 Å². The van der Waals surface area contributed by atoms with E-state index in [2.05, 4.69) is 13.2 Å². The van der Waals surface area contributed by atoms with E-state index in [0.29, 0.717) is 6.29 Å². The zero-order valence-corrected chi connectivity index (χ0v) is 6.82. The Hall–Kier alpha value is -1.38. The second-order valence-electron chi connectivity index (χ2n) is 2.56. The summed E-state index contributed by atoms with van der Waals surface area (Å²) in [6.07, 6.45) is 3.56. The molecule has 0 radical (unpaired) electrons. The Labute approximate surface area is 71.4 Å². The Kier molecular flexibility index (Phi) is 3.97.